The van der Waals surface area contributed by atoms with Crippen LogP contribution in [0.3, 0.4) is 0 Å². The molecule has 0 saturated carbocycles. The number of fused-ring (bicyclic) bond motifs is 1. The molecule has 0 N–H and O–H groups in total. The van der Waals surface area contributed by atoms with Crippen LogP contribution in [0.25, 0.3) is 17.0 Å². The molecule has 1 aromatic heterocycles. The first-order chi connectivity index (χ1) is 16.9. The largest absolute Gasteiger partial charge is 0.490 e. The molecule has 0 radical (unpaired) electrons. The number of hydrogen-bond donors (Lipinski definition) is 0. The number of rotatable bonds is 6. The summed E-state index contributed by atoms with van der Waals surface area (Å²) < 4.78 is 13.5. The van der Waals surface area contributed by atoms with Gasteiger partial charge in [0.25, 0.3) is 0 Å². The van der Waals surface area contributed by atoms with Crippen molar-refractivity contribution >= 4 is 52.0 Å². The molecule has 3 aromatic carbocycles. The summed E-state index contributed by atoms with van der Waals surface area (Å²) in [5, 5.41) is 2.11. The van der Waals surface area contributed by atoms with Crippen molar-refractivity contribution in [2.75, 3.05) is 6.61 Å². The Hall–Kier alpha value is -3.54. The molecule has 0 spiro atoms. The molecule has 0 fully saturated rings. The SMILES string of the molecule is Cc1ccc2c(c1)c(/C=C1/N=C(c3ccccc3)OC1=O)c(C)n2CCOc1cc(Cl)ccc1Cl. The fourth-order valence-electron chi connectivity index (χ4n) is 4.18. The van der Waals surface area contributed by atoms with E-state index in [2.05, 4.69) is 27.8 Å². The Morgan fingerprint density at radius 3 is 2.63 bits per heavy atom. The topological polar surface area (TPSA) is 52.8 Å². The van der Waals surface area contributed by atoms with Crippen molar-refractivity contribution in [3.63, 3.8) is 0 Å². The number of aryl methyl sites for hydroxylation is 1. The second kappa shape index (κ2) is 9.61. The van der Waals surface area contributed by atoms with Crippen LogP contribution in [0.15, 0.2) is 77.4 Å². The van der Waals surface area contributed by atoms with Crippen molar-refractivity contribution < 1.29 is 14.3 Å². The van der Waals surface area contributed by atoms with Gasteiger partial charge in [0, 0.05) is 38.8 Å². The second-order valence-electron chi connectivity index (χ2n) is 8.30. The minimum atomic E-state index is -0.462. The number of carbonyl (C=O) groups is 1. The fourth-order valence-corrected chi connectivity index (χ4v) is 4.51. The number of hydrogen-bond acceptors (Lipinski definition) is 4. The lowest BCUT2D eigenvalue weighted by Crippen LogP contribution is -2.09. The van der Waals surface area contributed by atoms with Gasteiger partial charge in [-0.25, -0.2) is 9.79 Å². The van der Waals surface area contributed by atoms with Gasteiger partial charge >= 0.3 is 5.97 Å². The monoisotopic (exact) mass is 504 g/mol. The molecule has 1 aliphatic rings. The summed E-state index contributed by atoms with van der Waals surface area (Å²) in [4.78, 5) is 17.1. The summed E-state index contributed by atoms with van der Waals surface area (Å²) in [5.41, 5.74) is 5.12. The van der Waals surface area contributed by atoms with E-state index in [1.54, 1.807) is 24.3 Å². The Morgan fingerprint density at radius 1 is 1.03 bits per heavy atom. The highest BCUT2D eigenvalue weighted by molar-refractivity contribution is 6.34. The standard InChI is InChI=1S/C28H22Cl2N2O3/c1-17-8-11-25-22(14-17)21(16-24-28(33)35-27(31-24)19-6-4-3-5-7-19)18(2)32(25)12-13-34-26-15-20(29)9-10-23(26)30/h3-11,14-16H,12-13H2,1-2H3/b24-16+. The summed E-state index contributed by atoms with van der Waals surface area (Å²) in [6.45, 7) is 5.05. The number of aromatic nitrogens is 1. The van der Waals surface area contributed by atoms with E-state index in [0.717, 1.165) is 33.3 Å². The first kappa shape index (κ1) is 23.2. The van der Waals surface area contributed by atoms with Gasteiger partial charge in [-0.15, -0.1) is 0 Å². The van der Waals surface area contributed by atoms with Gasteiger partial charge in [-0.3, -0.25) is 0 Å². The first-order valence-electron chi connectivity index (χ1n) is 11.2. The molecular weight excluding hydrogens is 483 g/mol. The number of ether oxygens (including phenoxy) is 2. The summed E-state index contributed by atoms with van der Waals surface area (Å²) in [6, 6.07) is 20.8. The van der Waals surface area contributed by atoms with Crippen LogP contribution < -0.4 is 4.74 Å². The number of carbonyl (C=O) groups excluding carboxylic acids is 1. The molecule has 0 bridgehead atoms. The Labute approximate surface area is 213 Å². The van der Waals surface area contributed by atoms with Crippen LogP contribution in [-0.2, 0) is 16.1 Å². The minimum absolute atomic E-state index is 0.273. The van der Waals surface area contributed by atoms with Gasteiger partial charge in [0.15, 0.2) is 5.70 Å². The summed E-state index contributed by atoms with van der Waals surface area (Å²) in [6.07, 6.45) is 1.81. The highest BCUT2D eigenvalue weighted by Crippen LogP contribution is 2.31. The Morgan fingerprint density at radius 2 is 1.83 bits per heavy atom. The zero-order valence-electron chi connectivity index (χ0n) is 19.2. The van der Waals surface area contributed by atoms with E-state index >= 15 is 0 Å². The Balaban J connectivity index is 1.49. The predicted octanol–water partition coefficient (Wildman–Crippen LogP) is 6.99. The van der Waals surface area contributed by atoms with Crippen LogP contribution in [0.1, 0.15) is 22.4 Å². The lowest BCUT2D eigenvalue weighted by Gasteiger charge is -2.12. The van der Waals surface area contributed by atoms with E-state index in [1.165, 1.54) is 0 Å². The average molecular weight is 505 g/mol. The van der Waals surface area contributed by atoms with E-state index in [1.807, 2.05) is 44.2 Å². The summed E-state index contributed by atoms with van der Waals surface area (Å²) in [7, 11) is 0. The maximum Gasteiger partial charge on any atom is 0.363 e. The number of benzene rings is 3. The maximum absolute atomic E-state index is 12.6. The zero-order chi connectivity index (χ0) is 24.5. The molecule has 1 aliphatic heterocycles. The van der Waals surface area contributed by atoms with Crippen molar-refractivity contribution in [1.29, 1.82) is 0 Å². The normalized spacial score (nSPS) is 14.5. The van der Waals surface area contributed by atoms with Gasteiger partial charge in [-0.2, -0.15) is 0 Å². The average Bonchev–Trinajstić information content (AvgIpc) is 3.34. The van der Waals surface area contributed by atoms with E-state index in [9.17, 15) is 4.79 Å². The molecule has 35 heavy (non-hydrogen) atoms. The van der Waals surface area contributed by atoms with Crippen LogP contribution in [0, 0.1) is 13.8 Å². The highest BCUT2D eigenvalue weighted by Gasteiger charge is 2.25. The molecule has 0 unspecified atom stereocenters. The summed E-state index contributed by atoms with van der Waals surface area (Å²) in [5.74, 6) is 0.393. The molecule has 2 heterocycles. The van der Waals surface area contributed by atoms with E-state index < -0.39 is 5.97 Å². The quantitative estimate of drug-likeness (QED) is 0.210. The Bertz CT molecular complexity index is 1500. The lowest BCUT2D eigenvalue weighted by molar-refractivity contribution is -0.129. The van der Waals surface area contributed by atoms with E-state index in [4.69, 9.17) is 32.7 Å². The van der Waals surface area contributed by atoms with Crippen LogP contribution >= 0.6 is 23.2 Å². The van der Waals surface area contributed by atoms with Crippen molar-refractivity contribution in [2.24, 2.45) is 4.99 Å². The number of aliphatic imine (C=N–C) groups is 1. The number of nitrogens with zero attached hydrogens (tertiary/aromatic N) is 2. The third-order valence-corrected chi connectivity index (χ3v) is 6.46. The summed E-state index contributed by atoms with van der Waals surface area (Å²) >= 11 is 12.3. The molecule has 5 rings (SSSR count). The van der Waals surface area contributed by atoms with Crippen molar-refractivity contribution in [3.8, 4) is 5.75 Å². The molecule has 7 heteroatoms. The van der Waals surface area contributed by atoms with Crippen molar-refractivity contribution in [3.05, 3.63) is 105 Å². The van der Waals surface area contributed by atoms with Crippen LogP contribution in [0.2, 0.25) is 10.0 Å². The van der Waals surface area contributed by atoms with Crippen LogP contribution in [-0.4, -0.2) is 23.0 Å². The number of cyclic esters (lactones) is 1. The fraction of sp³-hybridized carbons (Fsp3) is 0.143. The highest BCUT2D eigenvalue weighted by atomic mass is 35.5. The third kappa shape index (κ3) is 4.70. The number of halogens is 2. The molecular formula is C28H22Cl2N2O3. The molecule has 0 saturated heterocycles. The third-order valence-electron chi connectivity index (χ3n) is 5.92. The van der Waals surface area contributed by atoms with Gasteiger partial charge in [-0.05, 0) is 56.3 Å². The minimum Gasteiger partial charge on any atom is -0.490 e. The van der Waals surface area contributed by atoms with Gasteiger partial charge in [-0.1, -0.05) is 53.0 Å². The first-order valence-corrected chi connectivity index (χ1v) is 11.9. The zero-order valence-corrected chi connectivity index (χ0v) is 20.7. The van der Waals surface area contributed by atoms with Gasteiger partial charge in [0.1, 0.15) is 12.4 Å². The molecule has 0 aliphatic carbocycles. The van der Waals surface area contributed by atoms with Crippen LogP contribution in [0.5, 0.6) is 5.75 Å². The second-order valence-corrected chi connectivity index (χ2v) is 9.14. The van der Waals surface area contributed by atoms with Crippen LogP contribution in [0.4, 0.5) is 0 Å². The number of esters is 1. The predicted molar refractivity (Wildman–Crippen MR) is 140 cm³/mol. The van der Waals surface area contributed by atoms with Gasteiger partial charge in [0.2, 0.25) is 5.90 Å². The van der Waals surface area contributed by atoms with Crippen molar-refractivity contribution in [1.82, 2.24) is 4.57 Å². The van der Waals surface area contributed by atoms with Gasteiger partial charge < -0.3 is 14.0 Å². The van der Waals surface area contributed by atoms with E-state index in [-0.39, 0.29) is 5.70 Å². The van der Waals surface area contributed by atoms with Crippen molar-refractivity contribution in [2.45, 2.75) is 20.4 Å². The molecule has 0 amide bonds. The molecule has 5 nitrogen and oxygen atoms in total. The maximum atomic E-state index is 12.6. The lowest BCUT2D eigenvalue weighted by atomic mass is 10.1. The molecule has 0 atom stereocenters. The Kier molecular flexibility index (Phi) is 6.37. The molecule has 4 aromatic rings. The molecule has 176 valence electrons. The van der Waals surface area contributed by atoms with E-state index in [0.29, 0.717) is 34.8 Å². The smallest absolute Gasteiger partial charge is 0.363 e. The van der Waals surface area contributed by atoms with Gasteiger partial charge in [0.05, 0.1) is 11.6 Å².